The second-order valence-corrected chi connectivity index (χ2v) is 2.63. The van der Waals surface area contributed by atoms with Crippen LogP contribution in [0.3, 0.4) is 0 Å². The Morgan fingerprint density at radius 2 is 1.87 bits per heavy atom. The molecule has 1 aromatic rings. The van der Waals surface area contributed by atoms with Gasteiger partial charge in [-0.3, -0.25) is 9.78 Å². The molecule has 1 rings (SSSR count). The first-order valence-electron chi connectivity index (χ1n) is 3.83. The number of ketones is 1. The molecule has 15 heavy (non-hydrogen) atoms. The Morgan fingerprint density at radius 1 is 1.33 bits per heavy atom. The van der Waals surface area contributed by atoms with Crippen LogP contribution in [0.15, 0.2) is 36.4 Å². The molecule has 0 aliphatic rings. The number of carbonyl (C=O) groups excluding carboxylic acids is 1. The van der Waals surface area contributed by atoms with Crippen molar-refractivity contribution in [2.24, 2.45) is 0 Å². The maximum absolute atomic E-state index is 11.8. The van der Waals surface area contributed by atoms with Crippen molar-refractivity contribution in [3.63, 3.8) is 0 Å². The van der Waals surface area contributed by atoms with Gasteiger partial charge in [-0.15, -0.1) is 0 Å². The molecular weight excluding hydrogens is 211 g/mol. The SMILES string of the molecule is O=C(/C=C(/O)C(F)(F)F)c1ccncc1. The van der Waals surface area contributed by atoms with E-state index in [1.807, 2.05) is 0 Å². The molecule has 0 fully saturated rings. The number of rotatable bonds is 2. The van der Waals surface area contributed by atoms with Crippen molar-refractivity contribution in [2.45, 2.75) is 6.18 Å². The quantitative estimate of drug-likeness (QED) is 0.469. The van der Waals surface area contributed by atoms with Gasteiger partial charge >= 0.3 is 6.18 Å². The van der Waals surface area contributed by atoms with E-state index >= 15 is 0 Å². The van der Waals surface area contributed by atoms with Crippen molar-refractivity contribution in [3.05, 3.63) is 41.9 Å². The van der Waals surface area contributed by atoms with Crippen LogP contribution in [0.1, 0.15) is 10.4 Å². The molecule has 0 saturated heterocycles. The normalized spacial score (nSPS) is 12.6. The summed E-state index contributed by atoms with van der Waals surface area (Å²) in [6.45, 7) is 0. The van der Waals surface area contributed by atoms with Crippen molar-refractivity contribution < 1.29 is 23.1 Å². The molecule has 0 bridgehead atoms. The van der Waals surface area contributed by atoms with Crippen molar-refractivity contribution in [1.82, 2.24) is 4.98 Å². The van der Waals surface area contributed by atoms with E-state index in [4.69, 9.17) is 5.11 Å². The highest BCUT2D eigenvalue weighted by molar-refractivity contribution is 6.04. The first-order valence-corrected chi connectivity index (χ1v) is 3.83. The second kappa shape index (κ2) is 4.12. The number of hydrogen-bond donors (Lipinski definition) is 1. The van der Waals surface area contributed by atoms with Gasteiger partial charge in [0.15, 0.2) is 5.78 Å². The molecule has 0 spiro atoms. The Labute approximate surface area is 82.9 Å². The second-order valence-electron chi connectivity index (χ2n) is 2.63. The average molecular weight is 217 g/mol. The van der Waals surface area contributed by atoms with Gasteiger partial charge in [-0.2, -0.15) is 13.2 Å². The number of nitrogens with zero attached hydrogens (tertiary/aromatic N) is 1. The Bertz CT molecular complexity index is 384. The molecule has 0 amide bonds. The van der Waals surface area contributed by atoms with Gasteiger partial charge in [-0.25, -0.2) is 0 Å². The molecule has 1 heterocycles. The number of aliphatic hydroxyl groups is 1. The van der Waals surface area contributed by atoms with Crippen molar-refractivity contribution in [1.29, 1.82) is 0 Å². The zero-order valence-corrected chi connectivity index (χ0v) is 7.32. The van der Waals surface area contributed by atoms with Crippen LogP contribution in [0.5, 0.6) is 0 Å². The molecule has 0 radical (unpaired) electrons. The molecule has 0 aliphatic heterocycles. The smallest absolute Gasteiger partial charge is 0.448 e. The molecular formula is C9H6F3NO2. The van der Waals surface area contributed by atoms with Gasteiger partial charge < -0.3 is 5.11 Å². The lowest BCUT2D eigenvalue weighted by molar-refractivity contribution is -0.120. The van der Waals surface area contributed by atoms with Gasteiger partial charge in [-0.1, -0.05) is 0 Å². The highest BCUT2D eigenvalue weighted by atomic mass is 19.4. The lowest BCUT2D eigenvalue weighted by atomic mass is 10.1. The zero-order valence-electron chi connectivity index (χ0n) is 7.32. The molecule has 0 unspecified atom stereocenters. The summed E-state index contributed by atoms with van der Waals surface area (Å²) in [5.74, 6) is -2.84. The van der Waals surface area contributed by atoms with Gasteiger partial charge in [0.05, 0.1) is 0 Å². The number of alkyl halides is 3. The topological polar surface area (TPSA) is 50.2 Å². The predicted octanol–water partition coefficient (Wildman–Crippen LogP) is 2.27. The first kappa shape index (κ1) is 11.2. The van der Waals surface area contributed by atoms with Gasteiger partial charge in [0.1, 0.15) is 0 Å². The fourth-order valence-electron chi connectivity index (χ4n) is 0.806. The van der Waals surface area contributed by atoms with Crippen molar-refractivity contribution in [3.8, 4) is 0 Å². The molecule has 0 aromatic carbocycles. The van der Waals surface area contributed by atoms with Crippen LogP contribution in [0.4, 0.5) is 13.2 Å². The fraction of sp³-hybridized carbons (Fsp3) is 0.111. The van der Waals surface area contributed by atoms with Crippen LogP contribution in [0.25, 0.3) is 0 Å². The van der Waals surface area contributed by atoms with Crippen LogP contribution in [0, 0.1) is 0 Å². The van der Waals surface area contributed by atoms with Gasteiger partial charge in [0.2, 0.25) is 5.76 Å². The van der Waals surface area contributed by atoms with E-state index in [1.54, 1.807) is 0 Å². The molecule has 3 nitrogen and oxygen atoms in total. The first-order chi connectivity index (χ1) is 6.91. The lowest BCUT2D eigenvalue weighted by Crippen LogP contribution is -2.13. The summed E-state index contributed by atoms with van der Waals surface area (Å²) in [6.07, 6.45) is -2.23. The Kier molecular flexibility index (Phi) is 3.08. The highest BCUT2D eigenvalue weighted by Crippen LogP contribution is 2.23. The number of aliphatic hydroxyl groups excluding tert-OH is 1. The highest BCUT2D eigenvalue weighted by Gasteiger charge is 2.34. The van der Waals surface area contributed by atoms with E-state index in [0.29, 0.717) is 0 Å². The number of halogens is 3. The molecule has 1 aromatic heterocycles. The minimum absolute atomic E-state index is 0.0285. The number of aromatic nitrogens is 1. The monoisotopic (exact) mass is 217 g/mol. The summed E-state index contributed by atoms with van der Waals surface area (Å²) < 4.78 is 35.5. The minimum Gasteiger partial charge on any atom is -0.504 e. The van der Waals surface area contributed by atoms with Crippen LogP contribution in [-0.2, 0) is 0 Å². The molecule has 80 valence electrons. The number of allylic oxidation sites excluding steroid dienone is 2. The molecule has 0 saturated carbocycles. The van der Waals surface area contributed by atoms with Crippen molar-refractivity contribution in [2.75, 3.05) is 0 Å². The summed E-state index contributed by atoms with van der Waals surface area (Å²) in [6, 6.07) is 2.50. The standard InChI is InChI=1S/C9H6F3NO2/c10-9(11,12)8(15)5-7(14)6-1-3-13-4-2-6/h1-5,15H/b8-5+. The molecule has 6 heteroatoms. The van der Waals surface area contributed by atoms with Crippen LogP contribution in [-0.4, -0.2) is 22.1 Å². The number of hydrogen-bond acceptors (Lipinski definition) is 3. The predicted molar refractivity (Wildman–Crippen MR) is 45.3 cm³/mol. The maximum Gasteiger partial charge on any atom is 0.448 e. The van der Waals surface area contributed by atoms with E-state index in [-0.39, 0.29) is 11.6 Å². The molecule has 1 N–H and O–H groups in total. The van der Waals surface area contributed by atoms with Crippen molar-refractivity contribution >= 4 is 5.78 Å². The largest absolute Gasteiger partial charge is 0.504 e. The maximum atomic E-state index is 11.8. The Balaban J connectivity index is 2.90. The average Bonchev–Trinajstić information content (AvgIpc) is 2.17. The van der Waals surface area contributed by atoms with E-state index in [2.05, 4.69) is 4.98 Å². The van der Waals surface area contributed by atoms with E-state index in [9.17, 15) is 18.0 Å². The van der Waals surface area contributed by atoms with Crippen LogP contribution >= 0.6 is 0 Å². The van der Waals surface area contributed by atoms with Crippen LogP contribution in [0.2, 0.25) is 0 Å². The summed E-state index contributed by atoms with van der Waals surface area (Å²) >= 11 is 0. The molecule has 0 atom stereocenters. The fourth-order valence-corrected chi connectivity index (χ4v) is 0.806. The lowest BCUT2D eigenvalue weighted by Gasteiger charge is -2.03. The van der Waals surface area contributed by atoms with E-state index in [1.165, 1.54) is 24.5 Å². The summed E-state index contributed by atoms with van der Waals surface area (Å²) in [4.78, 5) is 14.7. The third-order valence-electron chi connectivity index (χ3n) is 1.52. The Hall–Kier alpha value is -1.85. The van der Waals surface area contributed by atoms with E-state index in [0.717, 1.165) is 0 Å². The summed E-state index contributed by atoms with van der Waals surface area (Å²) in [5.41, 5.74) is 0.0285. The minimum atomic E-state index is -4.90. The number of carbonyl (C=O) groups is 1. The zero-order chi connectivity index (χ0) is 11.5. The van der Waals surface area contributed by atoms with E-state index < -0.39 is 17.7 Å². The van der Waals surface area contributed by atoms with Gasteiger partial charge in [0, 0.05) is 24.0 Å². The Morgan fingerprint density at radius 3 is 2.33 bits per heavy atom. The summed E-state index contributed by atoms with van der Waals surface area (Å²) in [7, 11) is 0. The number of pyridine rings is 1. The van der Waals surface area contributed by atoms with Crippen LogP contribution < -0.4 is 0 Å². The third-order valence-corrected chi connectivity index (χ3v) is 1.52. The molecule has 0 aliphatic carbocycles. The van der Waals surface area contributed by atoms with Gasteiger partial charge in [0.25, 0.3) is 0 Å². The van der Waals surface area contributed by atoms with Gasteiger partial charge in [-0.05, 0) is 12.1 Å². The third kappa shape index (κ3) is 3.08. The summed E-state index contributed by atoms with van der Waals surface area (Å²) in [5, 5.41) is 8.52.